The maximum Gasteiger partial charge on any atom is 0.498 e. The van der Waals surface area contributed by atoms with Crippen LogP contribution in [0, 0.1) is 6.92 Å². The first-order valence-corrected chi connectivity index (χ1v) is 6.83. The highest BCUT2D eigenvalue weighted by Crippen LogP contribution is 2.37. The van der Waals surface area contributed by atoms with E-state index >= 15 is 0 Å². The topological polar surface area (TPSA) is 44.2 Å². The molecule has 1 aromatic rings. The SMILES string of the molecule is Cc1ncnc(C(C)C)c1B1OC(C)(C)C(C)(C)O1. The van der Waals surface area contributed by atoms with Crippen molar-refractivity contribution in [3.8, 4) is 0 Å². The van der Waals surface area contributed by atoms with Crippen molar-refractivity contribution in [2.45, 2.75) is 65.6 Å². The van der Waals surface area contributed by atoms with E-state index in [9.17, 15) is 0 Å². The Morgan fingerprint density at radius 3 is 2.05 bits per heavy atom. The molecule has 0 unspecified atom stereocenters. The summed E-state index contributed by atoms with van der Waals surface area (Å²) in [6.07, 6.45) is 1.61. The van der Waals surface area contributed by atoms with Crippen molar-refractivity contribution < 1.29 is 9.31 Å². The van der Waals surface area contributed by atoms with E-state index in [1.54, 1.807) is 6.33 Å². The largest absolute Gasteiger partial charge is 0.498 e. The normalized spacial score (nSPS) is 21.2. The summed E-state index contributed by atoms with van der Waals surface area (Å²) in [6, 6.07) is 0. The average molecular weight is 262 g/mol. The molecule has 0 spiro atoms. The smallest absolute Gasteiger partial charge is 0.399 e. The zero-order valence-corrected chi connectivity index (χ0v) is 12.9. The molecule has 0 saturated carbocycles. The van der Waals surface area contributed by atoms with Crippen LogP contribution in [0.5, 0.6) is 0 Å². The molecule has 0 aromatic carbocycles. The number of aromatic nitrogens is 2. The second-order valence-corrected chi connectivity index (χ2v) is 6.50. The van der Waals surface area contributed by atoms with E-state index in [1.165, 1.54) is 0 Å². The van der Waals surface area contributed by atoms with Crippen molar-refractivity contribution in [3.05, 3.63) is 17.7 Å². The lowest BCUT2D eigenvalue weighted by atomic mass is 9.74. The van der Waals surface area contributed by atoms with Gasteiger partial charge in [0, 0.05) is 16.9 Å². The van der Waals surface area contributed by atoms with Crippen molar-refractivity contribution in [3.63, 3.8) is 0 Å². The zero-order chi connectivity index (χ0) is 14.4. The molecular formula is C14H23BN2O2. The van der Waals surface area contributed by atoms with Crippen LogP contribution in [0.15, 0.2) is 6.33 Å². The predicted octanol–water partition coefficient (Wildman–Crippen LogP) is 2.21. The standard InChI is InChI=1S/C14H23BN2O2/c1-9(2)12-11(10(3)16-8-17-12)15-18-13(4,5)14(6,7)19-15/h8-9H,1-7H3. The predicted molar refractivity (Wildman–Crippen MR) is 76.6 cm³/mol. The molecule has 1 saturated heterocycles. The Balaban J connectivity index is 2.45. The van der Waals surface area contributed by atoms with E-state index in [0.29, 0.717) is 5.92 Å². The molecule has 104 valence electrons. The second kappa shape index (κ2) is 4.56. The molecule has 2 heterocycles. The van der Waals surface area contributed by atoms with Crippen LogP contribution in [0.3, 0.4) is 0 Å². The highest BCUT2D eigenvalue weighted by atomic mass is 16.7. The second-order valence-electron chi connectivity index (χ2n) is 6.50. The number of hydrogen-bond acceptors (Lipinski definition) is 4. The molecule has 0 N–H and O–H groups in total. The van der Waals surface area contributed by atoms with Crippen LogP contribution < -0.4 is 5.46 Å². The van der Waals surface area contributed by atoms with Gasteiger partial charge in [0.2, 0.25) is 0 Å². The summed E-state index contributed by atoms with van der Waals surface area (Å²) in [4.78, 5) is 8.70. The zero-order valence-electron chi connectivity index (χ0n) is 12.9. The van der Waals surface area contributed by atoms with Crippen LogP contribution in [0.2, 0.25) is 0 Å². The summed E-state index contributed by atoms with van der Waals surface area (Å²) in [5, 5.41) is 0. The fourth-order valence-electron chi connectivity index (χ4n) is 2.21. The minimum Gasteiger partial charge on any atom is -0.399 e. The van der Waals surface area contributed by atoms with Crippen LogP contribution >= 0.6 is 0 Å². The van der Waals surface area contributed by atoms with Crippen molar-refractivity contribution in [2.24, 2.45) is 0 Å². The lowest BCUT2D eigenvalue weighted by molar-refractivity contribution is 0.00578. The number of hydrogen-bond donors (Lipinski definition) is 0. The van der Waals surface area contributed by atoms with Gasteiger partial charge in [-0.15, -0.1) is 0 Å². The maximum atomic E-state index is 6.12. The van der Waals surface area contributed by atoms with Gasteiger partial charge in [-0.05, 0) is 40.5 Å². The van der Waals surface area contributed by atoms with Crippen LogP contribution in [0.25, 0.3) is 0 Å². The highest BCUT2D eigenvalue weighted by Gasteiger charge is 2.53. The molecule has 1 aliphatic rings. The molecular weight excluding hydrogens is 239 g/mol. The Labute approximate surface area is 116 Å². The Morgan fingerprint density at radius 2 is 1.58 bits per heavy atom. The average Bonchev–Trinajstić information content (AvgIpc) is 2.47. The summed E-state index contributed by atoms with van der Waals surface area (Å²) in [6.45, 7) is 14.5. The van der Waals surface area contributed by atoms with Crippen molar-refractivity contribution in [1.29, 1.82) is 0 Å². The van der Waals surface area contributed by atoms with Gasteiger partial charge < -0.3 is 9.31 Å². The third kappa shape index (κ3) is 2.41. The van der Waals surface area contributed by atoms with Crippen molar-refractivity contribution >= 4 is 12.6 Å². The first kappa shape index (κ1) is 14.5. The molecule has 0 bridgehead atoms. The fourth-order valence-corrected chi connectivity index (χ4v) is 2.21. The van der Waals surface area contributed by atoms with E-state index in [1.807, 2.05) is 6.92 Å². The van der Waals surface area contributed by atoms with Gasteiger partial charge in [-0.2, -0.15) is 0 Å². The molecule has 0 atom stereocenters. The van der Waals surface area contributed by atoms with Crippen LogP contribution in [-0.4, -0.2) is 28.3 Å². The van der Waals surface area contributed by atoms with E-state index < -0.39 is 0 Å². The monoisotopic (exact) mass is 262 g/mol. The Kier molecular flexibility index (Phi) is 3.48. The molecule has 4 nitrogen and oxygen atoms in total. The lowest BCUT2D eigenvalue weighted by Crippen LogP contribution is -2.41. The first-order valence-electron chi connectivity index (χ1n) is 6.83. The van der Waals surface area contributed by atoms with Gasteiger partial charge in [0.15, 0.2) is 0 Å². The Bertz CT molecular complexity index is 470. The first-order chi connectivity index (χ1) is 8.66. The molecule has 1 aliphatic heterocycles. The summed E-state index contributed by atoms with van der Waals surface area (Å²) in [5.74, 6) is 0.315. The molecule has 5 heteroatoms. The summed E-state index contributed by atoms with van der Waals surface area (Å²) in [5.41, 5.74) is 2.24. The van der Waals surface area contributed by atoms with Crippen LogP contribution in [0.1, 0.15) is 58.8 Å². The van der Waals surface area contributed by atoms with Gasteiger partial charge in [0.05, 0.1) is 11.2 Å². The van der Waals surface area contributed by atoms with E-state index in [2.05, 4.69) is 51.5 Å². The molecule has 1 aromatic heterocycles. The maximum absolute atomic E-state index is 6.12. The minimum absolute atomic E-state index is 0.315. The van der Waals surface area contributed by atoms with Gasteiger partial charge in [0.25, 0.3) is 0 Å². The molecule has 2 rings (SSSR count). The fraction of sp³-hybridized carbons (Fsp3) is 0.714. The lowest BCUT2D eigenvalue weighted by Gasteiger charge is -2.32. The van der Waals surface area contributed by atoms with E-state index in [-0.39, 0.29) is 18.3 Å². The van der Waals surface area contributed by atoms with E-state index in [4.69, 9.17) is 9.31 Å². The summed E-state index contributed by atoms with van der Waals surface area (Å²) < 4.78 is 12.2. The van der Waals surface area contributed by atoms with E-state index in [0.717, 1.165) is 16.9 Å². The van der Waals surface area contributed by atoms with Gasteiger partial charge in [-0.3, -0.25) is 0 Å². The highest BCUT2D eigenvalue weighted by molar-refractivity contribution is 6.63. The minimum atomic E-state index is -0.386. The Hall–Kier alpha value is -0.935. The van der Waals surface area contributed by atoms with Gasteiger partial charge in [0.1, 0.15) is 6.33 Å². The molecule has 0 radical (unpaired) electrons. The van der Waals surface area contributed by atoms with Gasteiger partial charge >= 0.3 is 7.12 Å². The summed E-state index contributed by atoms with van der Waals surface area (Å²) in [7, 11) is -0.386. The third-order valence-corrected chi connectivity index (χ3v) is 4.15. The molecule has 1 fully saturated rings. The van der Waals surface area contributed by atoms with Gasteiger partial charge in [-0.1, -0.05) is 13.8 Å². The van der Waals surface area contributed by atoms with Crippen LogP contribution in [0.4, 0.5) is 0 Å². The quantitative estimate of drug-likeness (QED) is 0.766. The van der Waals surface area contributed by atoms with Crippen molar-refractivity contribution in [2.75, 3.05) is 0 Å². The summed E-state index contributed by atoms with van der Waals surface area (Å²) >= 11 is 0. The number of aryl methyl sites for hydroxylation is 1. The van der Waals surface area contributed by atoms with Crippen LogP contribution in [-0.2, 0) is 9.31 Å². The molecule has 0 amide bonds. The number of rotatable bonds is 2. The van der Waals surface area contributed by atoms with Gasteiger partial charge in [-0.25, -0.2) is 9.97 Å². The Morgan fingerprint density at radius 1 is 1.05 bits per heavy atom. The number of nitrogens with zero attached hydrogens (tertiary/aromatic N) is 2. The molecule has 19 heavy (non-hydrogen) atoms. The van der Waals surface area contributed by atoms with Crippen molar-refractivity contribution in [1.82, 2.24) is 9.97 Å². The third-order valence-electron chi connectivity index (χ3n) is 4.15. The molecule has 0 aliphatic carbocycles.